The van der Waals surface area contributed by atoms with Crippen LogP contribution in [0.3, 0.4) is 0 Å². The molecule has 3 aromatic rings. The van der Waals surface area contributed by atoms with Crippen LogP contribution in [-0.2, 0) is 16.1 Å². The lowest BCUT2D eigenvalue weighted by atomic mass is 10.1. The summed E-state index contributed by atoms with van der Waals surface area (Å²) in [5, 5.41) is 4.11. The van der Waals surface area contributed by atoms with Crippen molar-refractivity contribution in [3.8, 4) is 17.4 Å². The lowest BCUT2D eigenvalue weighted by molar-refractivity contribution is -0.113. The highest BCUT2D eigenvalue weighted by Gasteiger charge is 2.21. The summed E-state index contributed by atoms with van der Waals surface area (Å²) in [6, 6.07) is 11.0. The fourth-order valence-corrected chi connectivity index (χ4v) is 3.68. The van der Waals surface area contributed by atoms with Gasteiger partial charge in [-0.2, -0.15) is 0 Å². The normalized spacial score (nSPS) is 10.6. The molecular weight excluding hydrogens is 497 g/mol. The number of carbonyl (C=O) groups is 2. The summed E-state index contributed by atoms with van der Waals surface area (Å²) >= 11 is 12.5. The topological polar surface area (TPSA) is 117 Å². The Kier molecular flexibility index (Phi) is 8.19. The van der Waals surface area contributed by atoms with Crippen molar-refractivity contribution in [2.24, 2.45) is 4.99 Å². The summed E-state index contributed by atoms with van der Waals surface area (Å²) < 4.78 is 12.2. The molecule has 0 aliphatic carbocycles. The van der Waals surface area contributed by atoms with Gasteiger partial charge in [-0.05, 0) is 35.7 Å². The average Bonchev–Trinajstić information content (AvgIpc) is 2.83. The quantitative estimate of drug-likeness (QED) is 0.186. The lowest BCUT2D eigenvalue weighted by Crippen LogP contribution is -2.27. The second kappa shape index (κ2) is 11.1. The molecule has 1 heterocycles. The second-order valence-corrected chi connectivity index (χ2v) is 8.43. The number of rotatable bonds is 8. The van der Waals surface area contributed by atoms with Gasteiger partial charge in [-0.3, -0.25) is 14.4 Å². The van der Waals surface area contributed by atoms with Crippen LogP contribution in [-0.4, -0.2) is 34.7 Å². The molecule has 0 bridgehead atoms. The first-order valence-corrected chi connectivity index (χ1v) is 11.0. The number of isocyanates is 1. The van der Waals surface area contributed by atoms with Gasteiger partial charge in [-0.1, -0.05) is 49.2 Å². The highest BCUT2D eigenvalue weighted by molar-refractivity contribution is 6.45. The van der Waals surface area contributed by atoms with Crippen molar-refractivity contribution in [1.82, 2.24) is 9.78 Å². The highest BCUT2D eigenvalue weighted by Crippen LogP contribution is 2.37. The van der Waals surface area contributed by atoms with Gasteiger partial charge >= 0.3 is 5.91 Å². The first kappa shape index (κ1) is 25.8. The van der Waals surface area contributed by atoms with Crippen molar-refractivity contribution < 1.29 is 23.9 Å². The van der Waals surface area contributed by atoms with Crippen LogP contribution in [0.25, 0.3) is 0 Å². The Balaban J connectivity index is 1.99. The molecule has 1 amide bonds. The zero-order chi connectivity index (χ0) is 25.7. The highest BCUT2D eigenvalue weighted by atomic mass is 35.5. The summed E-state index contributed by atoms with van der Waals surface area (Å²) in [4.78, 5) is 49.6. The molecule has 180 valence electrons. The smallest absolute Gasteiger partial charge is 0.328 e. The number of Topliss-reactive ketones (excluding diaryl/α,β-unsaturated/α-hetero) is 1. The van der Waals surface area contributed by atoms with Crippen LogP contribution in [0.5, 0.6) is 17.4 Å². The summed E-state index contributed by atoms with van der Waals surface area (Å²) in [5.41, 5.74) is 0.806. The molecule has 0 atom stereocenters. The van der Waals surface area contributed by atoms with E-state index < -0.39 is 11.7 Å². The molecule has 1 aromatic heterocycles. The van der Waals surface area contributed by atoms with Gasteiger partial charge < -0.3 is 9.47 Å². The average molecular weight is 516 g/mol. The molecule has 3 rings (SSSR count). The molecule has 11 heteroatoms. The van der Waals surface area contributed by atoms with Crippen molar-refractivity contribution in [3.63, 3.8) is 0 Å². The van der Waals surface area contributed by atoms with Gasteiger partial charge in [0.25, 0.3) is 11.3 Å². The predicted octanol–water partition coefficient (Wildman–Crippen LogP) is 4.57. The van der Waals surface area contributed by atoms with Crippen LogP contribution >= 0.6 is 23.2 Å². The number of aromatic nitrogens is 2. The Labute approximate surface area is 209 Å². The van der Waals surface area contributed by atoms with Gasteiger partial charge in [0.1, 0.15) is 5.75 Å². The number of carbonyl (C=O) groups excluding carboxylic acids is 3. The number of halogens is 2. The van der Waals surface area contributed by atoms with Crippen molar-refractivity contribution in [3.05, 3.63) is 79.6 Å². The van der Waals surface area contributed by atoms with E-state index in [0.717, 1.165) is 23.8 Å². The number of ether oxygens (including phenoxy) is 2. The number of hydrogen-bond donors (Lipinski definition) is 0. The molecule has 0 radical (unpaired) electrons. The number of amides is 1. The largest absolute Gasteiger partial charge is 0.497 e. The number of hydrogen-bond acceptors (Lipinski definition) is 7. The molecule has 9 nitrogen and oxygen atoms in total. The molecule has 0 unspecified atom stereocenters. The first-order valence-electron chi connectivity index (χ1n) is 10.2. The third-order valence-electron chi connectivity index (χ3n) is 4.90. The van der Waals surface area contributed by atoms with Crippen molar-refractivity contribution in [1.29, 1.82) is 0 Å². The van der Waals surface area contributed by atoms with Gasteiger partial charge in [0.05, 0.1) is 23.7 Å². The minimum atomic E-state index is -1.31. The van der Waals surface area contributed by atoms with Gasteiger partial charge in [-0.15, -0.1) is 10.1 Å². The van der Waals surface area contributed by atoms with E-state index in [2.05, 4.69) is 10.1 Å². The van der Waals surface area contributed by atoms with Crippen LogP contribution in [0.4, 0.5) is 0 Å². The van der Waals surface area contributed by atoms with Crippen molar-refractivity contribution in [2.75, 3.05) is 7.11 Å². The summed E-state index contributed by atoms with van der Waals surface area (Å²) in [6.45, 7) is 3.89. The summed E-state index contributed by atoms with van der Waals surface area (Å²) in [7, 11) is 1.56. The lowest BCUT2D eigenvalue weighted by Gasteiger charge is -2.15. The van der Waals surface area contributed by atoms with E-state index >= 15 is 0 Å². The van der Waals surface area contributed by atoms with Crippen LogP contribution in [0.2, 0.25) is 10.0 Å². The Morgan fingerprint density at radius 3 is 2.29 bits per heavy atom. The Bertz CT molecular complexity index is 1370. The standard InChI is InChI=1S/C24H19Cl2N3O6/c1-13(2)17-10-20(28-29(24(17)33)11-14-4-6-16(34-3)7-5-14)35-22-18(25)8-15(9-19(22)26)21(31)23(32)27-12-30/h4-10,13H,11H2,1-3H3. The SMILES string of the molecule is COc1ccc(Cn2nc(Oc3c(Cl)cc(C(=O)C(=O)N=C=O)cc3Cl)cc(C(C)C)c2=O)cc1. The van der Waals surface area contributed by atoms with E-state index in [0.29, 0.717) is 11.3 Å². The van der Waals surface area contributed by atoms with Crippen LogP contribution < -0.4 is 15.0 Å². The van der Waals surface area contributed by atoms with Gasteiger partial charge in [-0.25, -0.2) is 9.48 Å². The third kappa shape index (κ3) is 6.02. The number of methoxy groups -OCH3 is 1. The molecule has 35 heavy (non-hydrogen) atoms. The van der Waals surface area contributed by atoms with Crippen LogP contribution in [0, 0.1) is 0 Å². The van der Waals surface area contributed by atoms with E-state index in [4.69, 9.17) is 32.7 Å². The van der Waals surface area contributed by atoms with Gasteiger partial charge in [0.15, 0.2) is 5.75 Å². The molecule has 0 N–H and O–H groups in total. The Morgan fingerprint density at radius 2 is 1.74 bits per heavy atom. The Morgan fingerprint density at radius 1 is 1.11 bits per heavy atom. The first-order chi connectivity index (χ1) is 16.6. The van der Waals surface area contributed by atoms with Crippen LogP contribution in [0.15, 0.2) is 52.3 Å². The fourth-order valence-electron chi connectivity index (χ4n) is 3.12. The minimum Gasteiger partial charge on any atom is -0.497 e. The molecule has 0 aliphatic rings. The molecule has 0 aliphatic heterocycles. The molecule has 0 fully saturated rings. The molecular formula is C24H19Cl2N3O6. The number of ketones is 1. The van der Waals surface area contributed by atoms with E-state index in [1.165, 1.54) is 10.7 Å². The number of benzene rings is 2. The maximum absolute atomic E-state index is 13.0. The molecule has 0 saturated heterocycles. The number of aliphatic imine (C=N–C) groups is 1. The molecule has 0 spiro atoms. The van der Waals surface area contributed by atoms with E-state index in [9.17, 15) is 19.2 Å². The van der Waals surface area contributed by atoms with E-state index in [-0.39, 0.29) is 45.3 Å². The van der Waals surface area contributed by atoms with Gasteiger partial charge in [0, 0.05) is 17.2 Å². The summed E-state index contributed by atoms with van der Waals surface area (Å²) in [6.07, 6.45) is 1.01. The fraction of sp³-hybridized carbons (Fsp3) is 0.208. The van der Waals surface area contributed by atoms with Crippen molar-refractivity contribution >= 4 is 41.0 Å². The monoisotopic (exact) mass is 515 g/mol. The minimum absolute atomic E-state index is 0.0342. The Hall–Kier alpha value is -3.78. The maximum atomic E-state index is 13.0. The second-order valence-electron chi connectivity index (χ2n) is 7.61. The van der Waals surface area contributed by atoms with E-state index in [1.807, 2.05) is 26.0 Å². The zero-order valence-corrected chi connectivity index (χ0v) is 20.4. The maximum Gasteiger partial charge on any atom is 0.328 e. The van der Waals surface area contributed by atoms with Gasteiger partial charge in [0.2, 0.25) is 12.0 Å². The third-order valence-corrected chi connectivity index (χ3v) is 5.46. The van der Waals surface area contributed by atoms with Crippen molar-refractivity contribution in [2.45, 2.75) is 26.3 Å². The predicted molar refractivity (Wildman–Crippen MR) is 129 cm³/mol. The molecule has 2 aromatic carbocycles. The summed E-state index contributed by atoms with van der Waals surface area (Å²) in [5.74, 6) is -1.84. The number of nitrogens with zero attached hydrogens (tertiary/aromatic N) is 3. The van der Waals surface area contributed by atoms with Crippen LogP contribution in [0.1, 0.15) is 41.3 Å². The van der Waals surface area contributed by atoms with E-state index in [1.54, 1.807) is 19.2 Å². The molecule has 0 saturated carbocycles. The zero-order valence-electron chi connectivity index (χ0n) is 18.9.